The second-order valence-electron chi connectivity index (χ2n) is 6.64. The smallest absolute Gasteiger partial charge is 0.317 e. The molecule has 0 saturated carbocycles. The van der Waals surface area contributed by atoms with Gasteiger partial charge in [0.05, 0.1) is 6.04 Å². The maximum absolute atomic E-state index is 12.5. The second-order valence-corrected chi connectivity index (χ2v) is 7.62. The van der Waals surface area contributed by atoms with Crippen LogP contribution >= 0.6 is 11.3 Å². The largest absolute Gasteiger partial charge is 0.343 e. The third-order valence-corrected chi connectivity index (χ3v) is 5.91. The number of likely N-dealkylation sites (tertiary alicyclic amines) is 2. The highest BCUT2D eigenvalue weighted by atomic mass is 32.1. The van der Waals surface area contributed by atoms with E-state index in [4.69, 9.17) is 0 Å². The van der Waals surface area contributed by atoms with E-state index in [1.54, 1.807) is 11.3 Å². The molecule has 0 unspecified atom stereocenters. The van der Waals surface area contributed by atoms with Crippen molar-refractivity contribution in [2.75, 3.05) is 26.2 Å². The molecule has 2 aliphatic heterocycles. The second kappa shape index (κ2) is 8.51. The van der Waals surface area contributed by atoms with E-state index >= 15 is 0 Å². The highest BCUT2D eigenvalue weighted by Crippen LogP contribution is 2.34. The van der Waals surface area contributed by atoms with Gasteiger partial charge in [-0.2, -0.15) is 0 Å². The molecular weight excluding hydrogens is 322 g/mol. The number of urea groups is 1. The Labute approximate surface area is 148 Å². The fourth-order valence-electron chi connectivity index (χ4n) is 3.63. The third-order valence-electron chi connectivity index (χ3n) is 4.94. The minimum Gasteiger partial charge on any atom is -0.343 e. The molecule has 0 radical (unpaired) electrons. The lowest BCUT2D eigenvalue weighted by Crippen LogP contribution is -2.40. The Hall–Kier alpha value is -1.56. The summed E-state index contributed by atoms with van der Waals surface area (Å²) in [5.74, 6) is 0.274. The summed E-state index contributed by atoms with van der Waals surface area (Å²) in [7, 11) is 0. The lowest BCUT2D eigenvalue weighted by atomic mass is 10.2. The lowest BCUT2D eigenvalue weighted by molar-refractivity contribution is -0.130. The molecule has 6 heteroatoms. The number of thiophene rings is 1. The van der Waals surface area contributed by atoms with Gasteiger partial charge in [0.25, 0.3) is 0 Å². The van der Waals surface area contributed by atoms with Gasteiger partial charge in [0.15, 0.2) is 0 Å². The van der Waals surface area contributed by atoms with E-state index in [2.05, 4.69) is 16.8 Å². The Morgan fingerprint density at radius 2 is 2.17 bits per heavy atom. The lowest BCUT2D eigenvalue weighted by Gasteiger charge is -2.25. The summed E-state index contributed by atoms with van der Waals surface area (Å²) in [6.07, 6.45) is 6.91. The van der Waals surface area contributed by atoms with Crippen LogP contribution in [0.15, 0.2) is 17.5 Å². The molecule has 3 rings (SSSR count). The van der Waals surface area contributed by atoms with Crippen molar-refractivity contribution >= 4 is 23.3 Å². The van der Waals surface area contributed by atoms with Crippen molar-refractivity contribution < 1.29 is 9.59 Å². The summed E-state index contributed by atoms with van der Waals surface area (Å²) in [5.41, 5.74) is 0. The van der Waals surface area contributed by atoms with Crippen LogP contribution in [-0.4, -0.2) is 47.9 Å². The Balaban J connectivity index is 1.41. The van der Waals surface area contributed by atoms with E-state index in [1.165, 1.54) is 4.88 Å². The molecule has 1 aromatic rings. The van der Waals surface area contributed by atoms with Gasteiger partial charge >= 0.3 is 6.03 Å². The van der Waals surface area contributed by atoms with Crippen LogP contribution in [0.25, 0.3) is 0 Å². The Kier molecular flexibility index (Phi) is 6.12. The van der Waals surface area contributed by atoms with Crippen LogP contribution in [0.5, 0.6) is 0 Å². The number of amides is 3. The van der Waals surface area contributed by atoms with Crippen LogP contribution < -0.4 is 5.32 Å². The Morgan fingerprint density at radius 1 is 1.25 bits per heavy atom. The number of nitrogens with one attached hydrogen (secondary N) is 1. The first-order valence-electron chi connectivity index (χ1n) is 9.11. The van der Waals surface area contributed by atoms with Gasteiger partial charge in [-0.3, -0.25) is 4.79 Å². The van der Waals surface area contributed by atoms with Crippen molar-refractivity contribution in [3.63, 3.8) is 0 Å². The number of hydrogen-bond acceptors (Lipinski definition) is 3. The van der Waals surface area contributed by atoms with Crippen molar-refractivity contribution in [1.82, 2.24) is 15.1 Å². The summed E-state index contributed by atoms with van der Waals surface area (Å²) in [5, 5.41) is 5.11. The molecule has 0 spiro atoms. The van der Waals surface area contributed by atoms with E-state index in [0.717, 1.165) is 58.2 Å². The zero-order valence-corrected chi connectivity index (χ0v) is 15.0. The number of carbonyl (C=O) groups is 2. The van der Waals surface area contributed by atoms with E-state index in [-0.39, 0.29) is 18.0 Å². The SMILES string of the molecule is O=C1CCCCCN1CCCNC(=O)N1CCC[C@@H]1c1cccs1. The summed E-state index contributed by atoms with van der Waals surface area (Å²) in [6.45, 7) is 3.10. The minimum atomic E-state index is 0.0353. The highest BCUT2D eigenvalue weighted by Gasteiger charge is 2.30. The van der Waals surface area contributed by atoms with Gasteiger partial charge in [0.1, 0.15) is 0 Å². The average Bonchev–Trinajstić information content (AvgIpc) is 3.22. The van der Waals surface area contributed by atoms with Gasteiger partial charge in [-0.05, 0) is 43.6 Å². The maximum atomic E-state index is 12.5. The number of hydrogen-bond donors (Lipinski definition) is 1. The molecule has 2 fully saturated rings. The molecule has 5 nitrogen and oxygen atoms in total. The molecule has 0 bridgehead atoms. The first-order valence-corrected chi connectivity index (χ1v) is 9.99. The van der Waals surface area contributed by atoms with E-state index in [1.807, 2.05) is 15.9 Å². The Bertz CT molecular complexity index is 546. The van der Waals surface area contributed by atoms with Crippen LogP contribution in [0, 0.1) is 0 Å². The number of nitrogens with zero attached hydrogens (tertiary/aromatic N) is 2. The normalized spacial score (nSPS) is 21.8. The van der Waals surface area contributed by atoms with Crippen molar-refractivity contribution in [3.8, 4) is 0 Å². The van der Waals surface area contributed by atoms with E-state index < -0.39 is 0 Å². The predicted octanol–water partition coefficient (Wildman–Crippen LogP) is 3.39. The summed E-state index contributed by atoms with van der Waals surface area (Å²) in [6, 6.07) is 4.43. The molecule has 24 heavy (non-hydrogen) atoms. The molecule has 3 amide bonds. The average molecular weight is 350 g/mol. The Morgan fingerprint density at radius 3 is 3.00 bits per heavy atom. The number of carbonyl (C=O) groups excluding carboxylic acids is 2. The molecule has 2 saturated heterocycles. The van der Waals surface area contributed by atoms with Gasteiger partial charge < -0.3 is 15.1 Å². The van der Waals surface area contributed by atoms with Crippen molar-refractivity contribution in [1.29, 1.82) is 0 Å². The fourth-order valence-corrected chi connectivity index (χ4v) is 4.50. The molecule has 0 aliphatic carbocycles. The van der Waals surface area contributed by atoms with Crippen LogP contribution in [-0.2, 0) is 4.79 Å². The zero-order chi connectivity index (χ0) is 16.8. The van der Waals surface area contributed by atoms with Crippen LogP contribution in [0.4, 0.5) is 4.79 Å². The topological polar surface area (TPSA) is 52.7 Å². The standard InChI is InChI=1S/C18H27N3O2S/c22-17-9-2-1-3-11-20(17)12-6-10-19-18(23)21-13-4-7-15(21)16-8-5-14-24-16/h5,8,14-15H,1-4,6-7,9-13H2,(H,19,23)/t15-/m1/s1. The van der Waals surface area contributed by atoms with Crippen LogP contribution in [0.1, 0.15) is 55.9 Å². The van der Waals surface area contributed by atoms with E-state index in [0.29, 0.717) is 13.0 Å². The van der Waals surface area contributed by atoms with Crippen molar-refractivity contribution in [3.05, 3.63) is 22.4 Å². The number of rotatable bonds is 5. The molecule has 1 N–H and O–H groups in total. The monoisotopic (exact) mass is 349 g/mol. The first kappa shape index (κ1) is 17.3. The van der Waals surface area contributed by atoms with Gasteiger partial charge in [-0.25, -0.2) is 4.79 Å². The molecular formula is C18H27N3O2S. The predicted molar refractivity (Wildman–Crippen MR) is 96.1 cm³/mol. The summed E-state index contributed by atoms with van der Waals surface area (Å²) < 4.78 is 0. The molecule has 1 atom stereocenters. The molecule has 0 aromatic carbocycles. The molecule has 1 aromatic heterocycles. The van der Waals surface area contributed by atoms with Gasteiger partial charge in [0.2, 0.25) is 5.91 Å². The van der Waals surface area contributed by atoms with Gasteiger partial charge in [-0.1, -0.05) is 12.5 Å². The summed E-state index contributed by atoms with van der Waals surface area (Å²) >= 11 is 1.72. The zero-order valence-electron chi connectivity index (χ0n) is 14.2. The minimum absolute atomic E-state index is 0.0353. The van der Waals surface area contributed by atoms with Gasteiger partial charge in [-0.15, -0.1) is 11.3 Å². The van der Waals surface area contributed by atoms with Crippen molar-refractivity contribution in [2.45, 2.75) is 51.0 Å². The quantitative estimate of drug-likeness (QED) is 0.829. The molecule has 2 aliphatic rings. The molecule has 3 heterocycles. The fraction of sp³-hybridized carbons (Fsp3) is 0.667. The molecule has 132 valence electrons. The van der Waals surface area contributed by atoms with Crippen LogP contribution in [0.3, 0.4) is 0 Å². The summed E-state index contributed by atoms with van der Waals surface area (Å²) in [4.78, 5) is 29.6. The van der Waals surface area contributed by atoms with Gasteiger partial charge in [0, 0.05) is 37.5 Å². The highest BCUT2D eigenvalue weighted by molar-refractivity contribution is 7.10. The van der Waals surface area contributed by atoms with E-state index in [9.17, 15) is 9.59 Å². The first-order chi connectivity index (χ1) is 11.8. The maximum Gasteiger partial charge on any atom is 0.317 e. The third kappa shape index (κ3) is 4.29. The van der Waals surface area contributed by atoms with Crippen LogP contribution in [0.2, 0.25) is 0 Å². The van der Waals surface area contributed by atoms with Crippen molar-refractivity contribution in [2.24, 2.45) is 0 Å².